The third-order valence-corrected chi connectivity index (χ3v) is 15.2. The molecule has 13 atom stereocenters. The molecule has 6 aliphatic carbocycles. The summed E-state index contributed by atoms with van der Waals surface area (Å²) in [4.78, 5) is 0. The molecule has 0 spiro atoms. The molecule has 47 heavy (non-hydrogen) atoms. The lowest BCUT2D eigenvalue weighted by Crippen LogP contribution is -2.55. The largest absolute Gasteiger partial charge is 0.391 e. The Labute approximate surface area is 279 Å². The van der Waals surface area contributed by atoms with Crippen molar-refractivity contribution >= 4 is 20.2 Å². The highest BCUT2D eigenvalue weighted by atomic mass is 32.2. The number of aliphatic hydroxyl groups excluding tert-OH is 2. The molecule has 13 nitrogen and oxygen atoms in total. The van der Waals surface area contributed by atoms with E-state index in [1.165, 1.54) is 32.1 Å². The van der Waals surface area contributed by atoms with Crippen molar-refractivity contribution in [3.63, 3.8) is 0 Å². The molecule has 0 radical (unpaired) electrons. The lowest BCUT2D eigenvalue weighted by atomic mass is 9.66. The van der Waals surface area contributed by atoms with Crippen LogP contribution in [0.5, 0.6) is 0 Å². The van der Waals surface area contributed by atoms with Gasteiger partial charge in [0, 0.05) is 12.1 Å². The minimum absolute atomic E-state index is 0.0219. The van der Waals surface area contributed by atoms with Crippen LogP contribution in [0.2, 0.25) is 0 Å². The predicted octanol–water partition coefficient (Wildman–Crippen LogP) is 4.49. The van der Waals surface area contributed by atoms with Crippen molar-refractivity contribution in [2.75, 3.05) is 0 Å². The number of azo groups is 2. The van der Waals surface area contributed by atoms with Crippen LogP contribution < -0.4 is 5.32 Å². The number of rotatable bonds is 8. The third kappa shape index (κ3) is 8.80. The summed E-state index contributed by atoms with van der Waals surface area (Å²) in [5.74, 6) is 0.552. The van der Waals surface area contributed by atoms with Crippen LogP contribution in [-0.2, 0) is 20.2 Å². The summed E-state index contributed by atoms with van der Waals surface area (Å²) in [5, 5.41) is 42.2. The lowest BCUT2D eigenvalue weighted by Gasteiger charge is -2.47. The normalized spacial score (nSPS) is 44.3. The lowest BCUT2D eigenvalue weighted by molar-refractivity contribution is -0.0132. The van der Waals surface area contributed by atoms with E-state index >= 15 is 0 Å². The Morgan fingerprint density at radius 3 is 1.94 bits per heavy atom. The second-order valence-corrected chi connectivity index (χ2v) is 19.0. The van der Waals surface area contributed by atoms with Crippen molar-refractivity contribution in [1.29, 1.82) is 0 Å². The van der Waals surface area contributed by atoms with Gasteiger partial charge < -0.3 is 15.5 Å². The average Bonchev–Trinajstić information content (AvgIpc) is 3.03. The SMILES string of the molecule is O=S(=O)(O)C1CCC2CC(N=NC3CCC(N=NC4C(O)C5CCC(NC6CCCCC6)CC5CC4S(=O)(=O)O)C(O)C3)CCC2C1. The maximum atomic E-state index is 12.5. The number of nitrogens with one attached hydrogen (secondary N) is 1. The van der Waals surface area contributed by atoms with Gasteiger partial charge >= 0.3 is 0 Å². The van der Waals surface area contributed by atoms with Crippen molar-refractivity contribution in [3.05, 3.63) is 0 Å². The van der Waals surface area contributed by atoms with Gasteiger partial charge in [-0.05, 0) is 120 Å². The molecule has 6 rings (SSSR count). The Balaban J connectivity index is 1.00. The summed E-state index contributed by atoms with van der Waals surface area (Å²) in [6.45, 7) is 0. The maximum absolute atomic E-state index is 12.5. The highest BCUT2D eigenvalue weighted by molar-refractivity contribution is 7.86. The highest BCUT2D eigenvalue weighted by Gasteiger charge is 2.51. The van der Waals surface area contributed by atoms with Gasteiger partial charge in [-0.2, -0.15) is 37.3 Å². The maximum Gasteiger partial charge on any atom is 0.270 e. The zero-order valence-corrected chi connectivity index (χ0v) is 29.0. The van der Waals surface area contributed by atoms with E-state index in [-0.39, 0.29) is 42.3 Å². The van der Waals surface area contributed by atoms with E-state index < -0.39 is 55.0 Å². The van der Waals surface area contributed by atoms with Crippen LogP contribution in [0.25, 0.3) is 0 Å². The van der Waals surface area contributed by atoms with Crippen molar-refractivity contribution < 1.29 is 36.2 Å². The van der Waals surface area contributed by atoms with Gasteiger partial charge in [-0.25, -0.2) is 0 Å². The summed E-state index contributed by atoms with van der Waals surface area (Å²) in [7, 11) is -8.47. The summed E-state index contributed by atoms with van der Waals surface area (Å²) >= 11 is 0. The second-order valence-electron chi connectivity index (χ2n) is 15.7. The molecule has 0 aromatic carbocycles. The minimum Gasteiger partial charge on any atom is -0.391 e. The summed E-state index contributed by atoms with van der Waals surface area (Å²) in [6, 6.07) is -0.909. The third-order valence-electron chi connectivity index (χ3n) is 12.7. The molecule has 6 aliphatic rings. The molecular formula is C32H55N5O8S2. The highest BCUT2D eigenvalue weighted by Crippen LogP contribution is 2.45. The zero-order chi connectivity index (χ0) is 33.3. The van der Waals surface area contributed by atoms with Gasteiger partial charge in [-0.15, -0.1) is 0 Å². The van der Waals surface area contributed by atoms with E-state index in [0.29, 0.717) is 44.1 Å². The Morgan fingerprint density at radius 2 is 1.23 bits per heavy atom. The topological polar surface area (TPSA) is 211 Å². The first-order chi connectivity index (χ1) is 22.3. The van der Waals surface area contributed by atoms with Gasteiger partial charge in [-0.3, -0.25) is 9.11 Å². The molecule has 15 heteroatoms. The molecule has 0 saturated heterocycles. The van der Waals surface area contributed by atoms with Crippen LogP contribution in [0, 0.1) is 23.7 Å². The molecule has 6 saturated carbocycles. The quantitative estimate of drug-likeness (QED) is 0.178. The molecule has 5 N–H and O–H groups in total. The van der Waals surface area contributed by atoms with Crippen molar-refractivity contribution in [1.82, 2.24) is 5.32 Å². The van der Waals surface area contributed by atoms with Gasteiger partial charge in [0.1, 0.15) is 11.3 Å². The number of aliphatic hydroxyl groups is 2. The Bertz CT molecular complexity index is 1340. The van der Waals surface area contributed by atoms with Crippen molar-refractivity contribution in [2.24, 2.45) is 44.1 Å². The number of hydrogen-bond donors (Lipinski definition) is 5. The van der Waals surface area contributed by atoms with E-state index in [1.54, 1.807) is 0 Å². The van der Waals surface area contributed by atoms with Gasteiger partial charge in [-0.1, -0.05) is 19.3 Å². The molecule has 268 valence electrons. The van der Waals surface area contributed by atoms with Crippen LogP contribution in [0.3, 0.4) is 0 Å². The Hall–Kier alpha value is -1.10. The first-order valence-electron chi connectivity index (χ1n) is 18.2. The fourth-order valence-corrected chi connectivity index (χ4v) is 12.0. The average molecular weight is 702 g/mol. The van der Waals surface area contributed by atoms with E-state index in [9.17, 15) is 36.2 Å². The molecule has 0 aromatic rings. The van der Waals surface area contributed by atoms with Crippen LogP contribution in [0.4, 0.5) is 0 Å². The van der Waals surface area contributed by atoms with Crippen molar-refractivity contribution in [2.45, 2.75) is 175 Å². The first kappa shape index (κ1) is 35.7. The molecule has 6 fully saturated rings. The fraction of sp³-hybridized carbons (Fsp3) is 1.00. The van der Waals surface area contributed by atoms with Crippen LogP contribution >= 0.6 is 0 Å². The number of fused-ring (bicyclic) bond motifs is 2. The van der Waals surface area contributed by atoms with Gasteiger partial charge in [0.2, 0.25) is 0 Å². The first-order valence-corrected chi connectivity index (χ1v) is 21.2. The molecule has 0 aromatic heterocycles. The standard InChI is InChI=1S/C32H55N5O8S2/c38-29-18-25(35-34-24-8-6-20-16-26(46(40,41)42)11-7-19(20)14-24)10-13-28(29)36-37-31-30(47(43,44)45)17-21-15-23(9-12-27(21)32(31)39)33-22-4-2-1-3-5-22/h19-33,38-39H,1-18H2,(H,40,41,42)(H,43,44,45). The van der Waals surface area contributed by atoms with E-state index in [4.69, 9.17) is 0 Å². The molecular weight excluding hydrogens is 647 g/mol. The van der Waals surface area contributed by atoms with E-state index in [2.05, 4.69) is 25.8 Å². The predicted molar refractivity (Wildman–Crippen MR) is 175 cm³/mol. The summed E-state index contributed by atoms with van der Waals surface area (Å²) in [6.07, 6.45) is 12.8. The number of hydrogen-bond acceptors (Lipinski definition) is 11. The summed E-state index contributed by atoms with van der Waals surface area (Å²) in [5.41, 5.74) is 0. The monoisotopic (exact) mass is 701 g/mol. The van der Waals surface area contributed by atoms with Gasteiger partial charge in [0.25, 0.3) is 20.2 Å². The van der Waals surface area contributed by atoms with E-state index in [1.807, 2.05) is 0 Å². The molecule has 13 unspecified atom stereocenters. The second kappa shape index (κ2) is 15.0. The molecule has 0 amide bonds. The smallest absolute Gasteiger partial charge is 0.270 e. The van der Waals surface area contributed by atoms with E-state index in [0.717, 1.165) is 44.9 Å². The van der Waals surface area contributed by atoms with Crippen LogP contribution in [0.1, 0.15) is 116 Å². The molecule has 0 aliphatic heterocycles. The summed E-state index contributed by atoms with van der Waals surface area (Å²) < 4.78 is 67.9. The minimum atomic E-state index is -4.48. The fourth-order valence-electron chi connectivity index (χ4n) is 10.0. The van der Waals surface area contributed by atoms with Gasteiger partial charge in [0.15, 0.2) is 0 Å². The van der Waals surface area contributed by atoms with Gasteiger partial charge in [0.05, 0.1) is 35.6 Å². The Morgan fingerprint density at radius 1 is 0.553 bits per heavy atom. The van der Waals surface area contributed by atoms with Crippen molar-refractivity contribution in [3.8, 4) is 0 Å². The number of nitrogens with zero attached hydrogens (tertiary/aromatic N) is 4. The molecule has 0 bridgehead atoms. The molecule has 0 heterocycles. The van der Waals surface area contributed by atoms with Crippen LogP contribution in [0.15, 0.2) is 20.5 Å². The Kier molecular flexibility index (Phi) is 11.4. The zero-order valence-electron chi connectivity index (χ0n) is 27.3. The van der Waals surface area contributed by atoms with Crippen LogP contribution in [-0.4, -0.2) is 95.1 Å².